The minimum absolute atomic E-state index is 0. The summed E-state index contributed by atoms with van der Waals surface area (Å²) in [7, 11) is -0.654. The van der Waals surface area contributed by atoms with Crippen molar-refractivity contribution in [1.29, 1.82) is 0 Å². The molecule has 2 aromatic rings. The SMILES string of the molecule is CN(C)S(=O)(=O)c1ccccc1CNC(=O)C(C)(N)c1ccccc1.Cl. The maximum Gasteiger partial charge on any atom is 0.244 e. The van der Waals surface area contributed by atoms with Crippen LogP contribution in [0.3, 0.4) is 0 Å². The van der Waals surface area contributed by atoms with Gasteiger partial charge in [0, 0.05) is 20.6 Å². The molecule has 3 N–H and O–H groups in total. The number of sulfonamides is 1. The van der Waals surface area contributed by atoms with E-state index in [9.17, 15) is 13.2 Å². The predicted octanol–water partition coefficient (Wildman–Crippen LogP) is 1.85. The van der Waals surface area contributed by atoms with Crippen LogP contribution in [0.15, 0.2) is 59.5 Å². The number of carbonyl (C=O) groups excluding carboxylic acids is 1. The molecule has 2 aromatic carbocycles. The summed E-state index contributed by atoms with van der Waals surface area (Å²) < 4.78 is 26.0. The van der Waals surface area contributed by atoms with E-state index in [-0.39, 0.29) is 29.8 Å². The highest BCUT2D eigenvalue weighted by Crippen LogP contribution is 2.20. The molecule has 0 bridgehead atoms. The Labute approximate surface area is 160 Å². The van der Waals surface area contributed by atoms with E-state index in [4.69, 9.17) is 5.73 Å². The summed E-state index contributed by atoms with van der Waals surface area (Å²) in [6.45, 7) is 1.70. The summed E-state index contributed by atoms with van der Waals surface area (Å²) in [4.78, 5) is 12.7. The van der Waals surface area contributed by atoms with Gasteiger partial charge in [0.25, 0.3) is 0 Å². The van der Waals surface area contributed by atoms with Crippen LogP contribution < -0.4 is 11.1 Å². The zero-order valence-electron chi connectivity index (χ0n) is 15.0. The molecule has 0 saturated carbocycles. The van der Waals surface area contributed by atoms with E-state index in [1.165, 1.54) is 20.2 Å². The van der Waals surface area contributed by atoms with Crippen molar-refractivity contribution in [2.24, 2.45) is 5.73 Å². The first-order valence-electron chi connectivity index (χ1n) is 7.80. The lowest BCUT2D eigenvalue weighted by atomic mass is 9.92. The van der Waals surface area contributed by atoms with E-state index in [0.717, 1.165) is 4.31 Å². The van der Waals surface area contributed by atoms with Gasteiger partial charge in [0.1, 0.15) is 5.54 Å². The normalized spacial score (nSPS) is 13.6. The maximum absolute atomic E-state index is 12.5. The van der Waals surface area contributed by atoms with Gasteiger partial charge in [-0.3, -0.25) is 4.79 Å². The number of hydrogen-bond donors (Lipinski definition) is 2. The number of rotatable bonds is 6. The van der Waals surface area contributed by atoms with Gasteiger partial charge in [0.15, 0.2) is 0 Å². The van der Waals surface area contributed by atoms with Gasteiger partial charge >= 0.3 is 0 Å². The molecule has 1 amide bonds. The van der Waals surface area contributed by atoms with Crippen molar-refractivity contribution in [3.63, 3.8) is 0 Å². The third-order valence-electron chi connectivity index (χ3n) is 4.02. The Morgan fingerprint density at radius 1 is 1.08 bits per heavy atom. The lowest BCUT2D eigenvalue weighted by Crippen LogP contribution is -2.48. The summed E-state index contributed by atoms with van der Waals surface area (Å²) in [5, 5.41) is 2.74. The molecule has 0 fully saturated rings. The predicted molar refractivity (Wildman–Crippen MR) is 104 cm³/mol. The Morgan fingerprint density at radius 2 is 1.62 bits per heavy atom. The zero-order valence-corrected chi connectivity index (χ0v) is 16.6. The molecule has 142 valence electrons. The second-order valence-corrected chi connectivity index (χ2v) is 8.27. The number of benzene rings is 2. The highest BCUT2D eigenvalue weighted by Gasteiger charge is 2.30. The molecular weight excluding hydrogens is 374 g/mol. The molecule has 0 aliphatic rings. The number of nitrogens with zero attached hydrogens (tertiary/aromatic N) is 1. The van der Waals surface area contributed by atoms with E-state index < -0.39 is 15.6 Å². The molecule has 0 aliphatic heterocycles. The first-order chi connectivity index (χ1) is 11.7. The quantitative estimate of drug-likeness (QED) is 0.777. The molecule has 26 heavy (non-hydrogen) atoms. The van der Waals surface area contributed by atoms with Gasteiger partial charge in [0.05, 0.1) is 4.90 Å². The van der Waals surface area contributed by atoms with E-state index in [2.05, 4.69) is 5.32 Å². The van der Waals surface area contributed by atoms with Crippen molar-refractivity contribution in [2.45, 2.75) is 23.9 Å². The fourth-order valence-electron chi connectivity index (χ4n) is 2.37. The Kier molecular flexibility index (Phi) is 7.35. The summed E-state index contributed by atoms with van der Waals surface area (Å²) >= 11 is 0. The van der Waals surface area contributed by atoms with Crippen molar-refractivity contribution in [1.82, 2.24) is 9.62 Å². The van der Waals surface area contributed by atoms with Gasteiger partial charge in [-0.15, -0.1) is 12.4 Å². The summed E-state index contributed by atoms with van der Waals surface area (Å²) in [6, 6.07) is 15.6. The fourth-order valence-corrected chi connectivity index (χ4v) is 3.49. The number of nitrogens with one attached hydrogen (secondary N) is 1. The van der Waals surface area contributed by atoms with E-state index in [0.29, 0.717) is 11.1 Å². The molecular formula is C18H24ClN3O3S. The highest BCUT2D eigenvalue weighted by atomic mass is 35.5. The molecule has 8 heteroatoms. The number of halogens is 1. The van der Waals surface area contributed by atoms with Crippen molar-refractivity contribution < 1.29 is 13.2 Å². The molecule has 0 aromatic heterocycles. The van der Waals surface area contributed by atoms with Crippen LogP contribution in [0.2, 0.25) is 0 Å². The van der Waals surface area contributed by atoms with Crippen LogP contribution in [-0.4, -0.2) is 32.7 Å². The lowest BCUT2D eigenvalue weighted by molar-refractivity contribution is -0.126. The number of nitrogens with two attached hydrogens (primary N) is 1. The Hall–Kier alpha value is -1.93. The van der Waals surface area contributed by atoms with Crippen molar-refractivity contribution in [3.8, 4) is 0 Å². The average molecular weight is 398 g/mol. The molecule has 6 nitrogen and oxygen atoms in total. The Morgan fingerprint density at radius 3 is 2.19 bits per heavy atom. The van der Waals surface area contributed by atoms with E-state index in [1.54, 1.807) is 37.3 Å². The van der Waals surface area contributed by atoms with Gasteiger partial charge < -0.3 is 11.1 Å². The summed E-state index contributed by atoms with van der Waals surface area (Å²) in [5.41, 5.74) is 6.16. The van der Waals surface area contributed by atoms with Crippen LogP contribution >= 0.6 is 12.4 Å². The van der Waals surface area contributed by atoms with Crippen LogP contribution in [0.5, 0.6) is 0 Å². The smallest absolute Gasteiger partial charge is 0.244 e. The van der Waals surface area contributed by atoms with Crippen LogP contribution in [-0.2, 0) is 26.9 Å². The van der Waals surface area contributed by atoms with E-state index >= 15 is 0 Å². The summed E-state index contributed by atoms with van der Waals surface area (Å²) in [5.74, 6) is -0.379. The molecule has 0 spiro atoms. The van der Waals surface area contributed by atoms with Gasteiger partial charge in [-0.05, 0) is 24.1 Å². The van der Waals surface area contributed by atoms with Crippen LogP contribution in [0, 0.1) is 0 Å². The van der Waals surface area contributed by atoms with Gasteiger partial charge in [-0.1, -0.05) is 48.5 Å². The van der Waals surface area contributed by atoms with Crippen molar-refractivity contribution in [3.05, 3.63) is 65.7 Å². The lowest BCUT2D eigenvalue weighted by Gasteiger charge is -2.24. The number of hydrogen-bond acceptors (Lipinski definition) is 4. The number of amides is 1. The topological polar surface area (TPSA) is 92.5 Å². The van der Waals surface area contributed by atoms with Gasteiger partial charge in [-0.2, -0.15) is 0 Å². The minimum atomic E-state index is -3.59. The fraction of sp³-hybridized carbons (Fsp3) is 0.278. The molecule has 0 saturated heterocycles. The van der Waals surface area contributed by atoms with Crippen molar-refractivity contribution >= 4 is 28.3 Å². The Balaban J connectivity index is 0.00000338. The summed E-state index contributed by atoms with van der Waals surface area (Å²) in [6.07, 6.45) is 0. The average Bonchev–Trinajstić information content (AvgIpc) is 2.60. The van der Waals surface area contributed by atoms with Crippen molar-refractivity contribution in [2.75, 3.05) is 14.1 Å². The monoisotopic (exact) mass is 397 g/mol. The molecule has 1 unspecified atom stereocenters. The zero-order chi connectivity index (χ0) is 18.7. The van der Waals surface area contributed by atoms with Crippen LogP contribution in [0.4, 0.5) is 0 Å². The highest BCUT2D eigenvalue weighted by molar-refractivity contribution is 7.89. The largest absolute Gasteiger partial charge is 0.350 e. The standard InChI is InChI=1S/C18H23N3O3S.ClH/c1-18(19,15-10-5-4-6-11-15)17(22)20-13-14-9-7-8-12-16(14)25(23,24)21(2)3;/h4-12H,13,19H2,1-3H3,(H,20,22);1H. The first-order valence-corrected chi connectivity index (χ1v) is 9.24. The Bertz CT molecular complexity index is 853. The minimum Gasteiger partial charge on any atom is -0.350 e. The molecule has 2 rings (SSSR count). The second kappa shape index (κ2) is 8.64. The molecule has 0 heterocycles. The number of carbonyl (C=O) groups is 1. The molecule has 0 radical (unpaired) electrons. The third kappa shape index (κ3) is 4.62. The third-order valence-corrected chi connectivity index (χ3v) is 5.93. The van der Waals surface area contributed by atoms with Gasteiger partial charge in [-0.25, -0.2) is 12.7 Å². The van der Waals surface area contributed by atoms with Gasteiger partial charge in [0.2, 0.25) is 15.9 Å². The maximum atomic E-state index is 12.5. The molecule has 1 atom stereocenters. The molecule has 0 aliphatic carbocycles. The second-order valence-electron chi connectivity index (χ2n) is 6.15. The van der Waals surface area contributed by atoms with Crippen LogP contribution in [0.1, 0.15) is 18.1 Å². The van der Waals surface area contributed by atoms with Crippen LogP contribution in [0.25, 0.3) is 0 Å². The van der Waals surface area contributed by atoms with E-state index in [1.807, 2.05) is 18.2 Å². The first kappa shape index (κ1) is 22.1.